The highest BCUT2D eigenvalue weighted by Gasteiger charge is 2.06. The average molecular weight is 264 g/mol. The van der Waals surface area contributed by atoms with Crippen LogP contribution in [0.1, 0.15) is 19.7 Å². The van der Waals surface area contributed by atoms with Crippen LogP contribution in [-0.4, -0.2) is 16.7 Å². The summed E-state index contributed by atoms with van der Waals surface area (Å²) in [4.78, 5) is 0. The maximum Gasteiger partial charge on any atom is 0.320 e. The molecule has 0 spiro atoms. The first-order valence-electron chi connectivity index (χ1n) is 6.19. The maximum atomic E-state index is 12.7. The number of nitrogens with zero attached hydrogens (tertiary/aromatic N) is 2. The van der Waals surface area contributed by atoms with E-state index in [9.17, 15) is 4.39 Å². The van der Waals surface area contributed by atoms with E-state index in [0.717, 1.165) is 6.54 Å². The number of halogens is 1. The van der Waals surface area contributed by atoms with Gasteiger partial charge in [0.25, 0.3) is 0 Å². The van der Waals surface area contributed by atoms with Crippen molar-refractivity contribution in [2.24, 2.45) is 5.92 Å². The van der Waals surface area contributed by atoms with Crippen molar-refractivity contribution < 1.29 is 8.81 Å². The summed E-state index contributed by atoms with van der Waals surface area (Å²) in [7, 11) is 0. The topological polar surface area (TPSA) is 63.0 Å². The van der Waals surface area contributed by atoms with Crippen molar-refractivity contribution in [3.63, 3.8) is 0 Å². The lowest BCUT2D eigenvalue weighted by Crippen LogP contribution is -2.19. The zero-order valence-corrected chi connectivity index (χ0v) is 11.0. The first-order chi connectivity index (χ1) is 9.13. The summed E-state index contributed by atoms with van der Waals surface area (Å²) in [5.41, 5.74) is 0.701. The summed E-state index contributed by atoms with van der Waals surface area (Å²) >= 11 is 0. The van der Waals surface area contributed by atoms with Gasteiger partial charge >= 0.3 is 6.01 Å². The summed E-state index contributed by atoms with van der Waals surface area (Å²) in [5.74, 6) is 0.805. The Kier molecular flexibility index (Phi) is 4.46. The minimum Gasteiger partial charge on any atom is -0.406 e. The van der Waals surface area contributed by atoms with E-state index in [0.29, 0.717) is 30.1 Å². The molecule has 0 aliphatic rings. The van der Waals surface area contributed by atoms with E-state index in [1.165, 1.54) is 12.1 Å². The van der Waals surface area contributed by atoms with Crippen molar-refractivity contribution in [3.8, 4) is 0 Å². The van der Waals surface area contributed by atoms with Gasteiger partial charge in [-0.05, 0) is 36.7 Å². The largest absolute Gasteiger partial charge is 0.406 e. The van der Waals surface area contributed by atoms with E-state index in [1.807, 2.05) is 0 Å². The molecule has 19 heavy (non-hydrogen) atoms. The Balaban J connectivity index is 1.88. The third-order valence-electron chi connectivity index (χ3n) is 2.39. The van der Waals surface area contributed by atoms with Crippen LogP contribution in [0.5, 0.6) is 0 Å². The van der Waals surface area contributed by atoms with Crippen molar-refractivity contribution in [2.45, 2.75) is 20.4 Å². The molecule has 2 aromatic rings. The number of aromatic nitrogens is 2. The number of rotatable bonds is 6. The predicted octanol–water partition coefficient (Wildman–Crippen LogP) is 2.70. The Hall–Kier alpha value is -1.95. The average Bonchev–Trinajstić information content (AvgIpc) is 2.79. The van der Waals surface area contributed by atoms with Crippen LogP contribution in [-0.2, 0) is 6.54 Å². The fourth-order valence-corrected chi connectivity index (χ4v) is 1.50. The molecule has 0 unspecified atom stereocenters. The minimum atomic E-state index is -0.283. The summed E-state index contributed by atoms with van der Waals surface area (Å²) in [6.45, 7) is 5.68. The number of benzene rings is 1. The molecule has 0 saturated heterocycles. The highest BCUT2D eigenvalue weighted by atomic mass is 19.1. The van der Waals surface area contributed by atoms with E-state index in [-0.39, 0.29) is 5.82 Å². The summed E-state index contributed by atoms with van der Waals surface area (Å²) in [6.07, 6.45) is 0. The van der Waals surface area contributed by atoms with Crippen LogP contribution in [0.2, 0.25) is 0 Å². The van der Waals surface area contributed by atoms with Crippen LogP contribution in [0, 0.1) is 11.7 Å². The zero-order chi connectivity index (χ0) is 13.7. The van der Waals surface area contributed by atoms with Crippen molar-refractivity contribution in [1.82, 2.24) is 15.5 Å². The molecule has 0 fully saturated rings. The molecule has 0 bridgehead atoms. The van der Waals surface area contributed by atoms with Gasteiger partial charge in [0.2, 0.25) is 5.89 Å². The lowest BCUT2D eigenvalue weighted by molar-refractivity contribution is 0.460. The fraction of sp³-hybridized carbons (Fsp3) is 0.385. The Morgan fingerprint density at radius 1 is 1.21 bits per heavy atom. The number of hydrogen-bond donors (Lipinski definition) is 2. The van der Waals surface area contributed by atoms with Crippen LogP contribution in [0.15, 0.2) is 28.7 Å². The van der Waals surface area contributed by atoms with E-state index in [4.69, 9.17) is 4.42 Å². The minimum absolute atomic E-state index is 0.283. The molecule has 102 valence electrons. The normalized spacial score (nSPS) is 10.9. The molecule has 1 aromatic carbocycles. The van der Waals surface area contributed by atoms with E-state index < -0.39 is 0 Å². The van der Waals surface area contributed by atoms with Gasteiger partial charge in [0.05, 0.1) is 6.54 Å². The van der Waals surface area contributed by atoms with Crippen LogP contribution >= 0.6 is 0 Å². The van der Waals surface area contributed by atoms with E-state index in [1.54, 1.807) is 12.1 Å². The van der Waals surface area contributed by atoms with Crippen molar-refractivity contribution in [1.29, 1.82) is 0 Å². The number of anilines is 2. The molecule has 6 heteroatoms. The van der Waals surface area contributed by atoms with Gasteiger partial charge < -0.3 is 15.1 Å². The highest BCUT2D eigenvalue weighted by molar-refractivity contribution is 5.51. The summed E-state index contributed by atoms with van der Waals surface area (Å²) in [5, 5.41) is 13.9. The molecule has 1 heterocycles. The Labute approximate surface area is 111 Å². The van der Waals surface area contributed by atoms with Gasteiger partial charge in [0.15, 0.2) is 0 Å². The molecule has 5 nitrogen and oxygen atoms in total. The second kappa shape index (κ2) is 6.29. The smallest absolute Gasteiger partial charge is 0.320 e. The lowest BCUT2D eigenvalue weighted by atomic mass is 10.2. The Morgan fingerprint density at radius 3 is 2.63 bits per heavy atom. The van der Waals surface area contributed by atoms with Gasteiger partial charge in [-0.3, -0.25) is 0 Å². The first-order valence-corrected chi connectivity index (χ1v) is 6.19. The van der Waals surface area contributed by atoms with Crippen LogP contribution in [0.4, 0.5) is 16.1 Å². The van der Waals surface area contributed by atoms with E-state index >= 15 is 0 Å². The molecule has 0 radical (unpaired) electrons. The predicted molar refractivity (Wildman–Crippen MR) is 70.5 cm³/mol. The molecule has 0 aliphatic carbocycles. The lowest BCUT2D eigenvalue weighted by Gasteiger charge is -2.03. The second-order valence-electron chi connectivity index (χ2n) is 4.66. The molecule has 2 rings (SSSR count). The Bertz CT molecular complexity index is 510. The van der Waals surface area contributed by atoms with Gasteiger partial charge in [-0.1, -0.05) is 18.9 Å². The standard InChI is InChI=1S/C13H17FN4O/c1-9(2)7-15-8-12-17-18-13(19-12)16-11-5-3-10(14)4-6-11/h3-6,9,15H,7-8H2,1-2H3,(H,16,18). The molecule has 0 saturated carbocycles. The van der Waals surface area contributed by atoms with Gasteiger partial charge in [0, 0.05) is 5.69 Å². The third-order valence-corrected chi connectivity index (χ3v) is 2.39. The SMILES string of the molecule is CC(C)CNCc1nnc(Nc2ccc(F)cc2)o1. The van der Waals surface area contributed by atoms with Gasteiger partial charge in [-0.25, -0.2) is 4.39 Å². The second-order valence-corrected chi connectivity index (χ2v) is 4.66. The van der Waals surface area contributed by atoms with Crippen molar-refractivity contribution in [2.75, 3.05) is 11.9 Å². The van der Waals surface area contributed by atoms with Crippen molar-refractivity contribution >= 4 is 11.7 Å². The highest BCUT2D eigenvalue weighted by Crippen LogP contribution is 2.15. The van der Waals surface area contributed by atoms with Gasteiger partial charge in [-0.15, -0.1) is 5.10 Å². The van der Waals surface area contributed by atoms with Crippen LogP contribution in [0.25, 0.3) is 0 Å². The molecular formula is C13H17FN4O. The monoisotopic (exact) mass is 264 g/mol. The maximum absolute atomic E-state index is 12.7. The molecule has 0 amide bonds. The van der Waals surface area contributed by atoms with Gasteiger partial charge in [-0.2, -0.15) is 0 Å². The third kappa shape index (κ3) is 4.33. The van der Waals surface area contributed by atoms with Gasteiger partial charge in [0.1, 0.15) is 5.82 Å². The Morgan fingerprint density at radius 2 is 1.95 bits per heavy atom. The quantitative estimate of drug-likeness (QED) is 0.840. The summed E-state index contributed by atoms with van der Waals surface area (Å²) in [6, 6.07) is 6.24. The fourth-order valence-electron chi connectivity index (χ4n) is 1.50. The first kappa shape index (κ1) is 13.5. The number of hydrogen-bond acceptors (Lipinski definition) is 5. The van der Waals surface area contributed by atoms with Crippen LogP contribution in [0.3, 0.4) is 0 Å². The molecule has 0 atom stereocenters. The zero-order valence-electron chi connectivity index (χ0n) is 11.0. The van der Waals surface area contributed by atoms with E-state index in [2.05, 4.69) is 34.7 Å². The molecule has 0 aliphatic heterocycles. The summed E-state index contributed by atoms with van der Waals surface area (Å²) < 4.78 is 18.2. The van der Waals surface area contributed by atoms with Crippen LogP contribution < -0.4 is 10.6 Å². The van der Waals surface area contributed by atoms with Crippen molar-refractivity contribution in [3.05, 3.63) is 36.0 Å². The molecule has 2 N–H and O–H groups in total. The molecule has 1 aromatic heterocycles. The number of nitrogens with one attached hydrogen (secondary N) is 2. The molecular weight excluding hydrogens is 247 g/mol.